The second-order valence-electron chi connectivity index (χ2n) is 6.55. The van der Waals surface area contributed by atoms with Gasteiger partial charge in [0.15, 0.2) is 6.61 Å². The highest BCUT2D eigenvalue weighted by molar-refractivity contribution is 6.05. The fourth-order valence-electron chi connectivity index (χ4n) is 3.03. The number of hydrogen-bond donors (Lipinski definition) is 1. The summed E-state index contributed by atoms with van der Waals surface area (Å²) in [5, 5.41) is 2.91. The number of anilines is 2. The highest BCUT2D eigenvalue weighted by atomic mass is 16.5. The van der Waals surface area contributed by atoms with Crippen molar-refractivity contribution < 1.29 is 14.3 Å². The molecule has 0 aromatic heterocycles. The monoisotopic (exact) mass is 352 g/mol. The molecule has 0 atom stereocenters. The number of fused-ring (bicyclic) bond motifs is 1. The summed E-state index contributed by atoms with van der Waals surface area (Å²) in [5.41, 5.74) is 3.01. The molecule has 0 aliphatic carbocycles. The maximum absolute atomic E-state index is 12.5. The van der Waals surface area contributed by atoms with Gasteiger partial charge in [-0.2, -0.15) is 0 Å². The Morgan fingerprint density at radius 1 is 1.19 bits per heavy atom. The van der Waals surface area contributed by atoms with Crippen LogP contribution in [0.2, 0.25) is 0 Å². The highest BCUT2D eigenvalue weighted by Gasteiger charge is 2.25. The Kier molecular flexibility index (Phi) is 5.56. The van der Waals surface area contributed by atoms with Gasteiger partial charge < -0.3 is 15.0 Å². The van der Waals surface area contributed by atoms with E-state index in [0.29, 0.717) is 23.5 Å². The largest absolute Gasteiger partial charge is 0.482 e. The van der Waals surface area contributed by atoms with E-state index in [0.717, 1.165) is 30.5 Å². The maximum atomic E-state index is 12.5. The summed E-state index contributed by atoms with van der Waals surface area (Å²) in [7, 11) is 0. The van der Waals surface area contributed by atoms with Crippen LogP contribution in [0.3, 0.4) is 0 Å². The second kappa shape index (κ2) is 8.04. The Bertz CT molecular complexity index is 817. The first-order valence-corrected chi connectivity index (χ1v) is 9.03. The number of rotatable bonds is 6. The number of benzene rings is 2. The van der Waals surface area contributed by atoms with Crippen molar-refractivity contribution in [2.75, 3.05) is 23.4 Å². The van der Waals surface area contributed by atoms with Gasteiger partial charge in [0.25, 0.3) is 11.8 Å². The number of nitrogens with one attached hydrogen (secondary N) is 1. The molecule has 0 spiro atoms. The van der Waals surface area contributed by atoms with Crippen molar-refractivity contribution in [2.45, 2.75) is 33.1 Å². The summed E-state index contributed by atoms with van der Waals surface area (Å²) >= 11 is 0. The van der Waals surface area contributed by atoms with Crippen molar-refractivity contribution in [3.8, 4) is 5.75 Å². The van der Waals surface area contributed by atoms with Crippen molar-refractivity contribution in [2.24, 2.45) is 0 Å². The van der Waals surface area contributed by atoms with E-state index in [1.54, 1.807) is 23.1 Å². The van der Waals surface area contributed by atoms with Crippen LogP contribution in [0.5, 0.6) is 5.75 Å². The third-order valence-corrected chi connectivity index (χ3v) is 4.43. The molecule has 2 amide bonds. The number of carbonyl (C=O) groups excluding carboxylic acids is 2. The Hall–Kier alpha value is -2.82. The fourth-order valence-corrected chi connectivity index (χ4v) is 3.03. The number of hydrogen-bond acceptors (Lipinski definition) is 3. The van der Waals surface area contributed by atoms with E-state index in [1.165, 1.54) is 0 Å². The Morgan fingerprint density at radius 2 is 2.04 bits per heavy atom. The standard InChI is InChI=1S/C21H24N2O3/c1-3-4-5-11-23-18-13-17(9-10-19(18)26-14-20(23)24)22-21(25)16-8-6-7-15(2)12-16/h6-10,12-13H,3-5,11,14H2,1-2H3,(H,22,25). The van der Waals surface area contributed by atoms with Crippen LogP contribution >= 0.6 is 0 Å². The molecule has 3 rings (SSSR count). The van der Waals surface area contributed by atoms with Gasteiger partial charge in [0.1, 0.15) is 5.75 Å². The molecule has 1 N–H and O–H groups in total. The number of aryl methyl sites for hydroxylation is 1. The molecular weight excluding hydrogens is 328 g/mol. The molecule has 1 aliphatic rings. The van der Waals surface area contributed by atoms with Crippen LogP contribution in [0.15, 0.2) is 42.5 Å². The van der Waals surface area contributed by atoms with Crippen LogP contribution in [0.4, 0.5) is 11.4 Å². The molecule has 2 aromatic carbocycles. The molecule has 5 heteroatoms. The average Bonchev–Trinajstić information content (AvgIpc) is 2.63. The van der Waals surface area contributed by atoms with Gasteiger partial charge >= 0.3 is 0 Å². The fraction of sp³-hybridized carbons (Fsp3) is 0.333. The van der Waals surface area contributed by atoms with E-state index in [4.69, 9.17) is 4.74 Å². The smallest absolute Gasteiger partial charge is 0.265 e. The number of amides is 2. The molecule has 26 heavy (non-hydrogen) atoms. The van der Waals surface area contributed by atoms with Crippen molar-refractivity contribution in [3.05, 3.63) is 53.6 Å². The molecule has 0 unspecified atom stereocenters. The average molecular weight is 352 g/mol. The quantitative estimate of drug-likeness (QED) is 0.794. The molecule has 0 fully saturated rings. The van der Waals surface area contributed by atoms with E-state index in [1.807, 2.05) is 31.2 Å². The lowest BCUT2D eigenvalue weighted by Gasteiger charge is -2.30. The highest BCUT2D eigenvalue weighted by Crippen LogP contribution is 2.35. The summed E-state index contributed by atoms with van der Waals surface area (Å²) < 4.78 is 5.53. The van der Waals surface area contributed by atoms with Crippen molar-refractivity contribution in [1.29, 1.82) is 0 Å². The van der Waals surface area contributed by atoms with Crippen LogP contribution in [0.25, 0.3) is 0 Å². The number of carbonyl (C=O) groups is 2. The summed E-state index contributed by atoms with van der Waals surface area (Å²) in [5.74, 6) is 0.458. The van der Waals surface area contributed by atoms with E-state index in [9.17, 15) is 9.59 Å². The van der Waals surface area contributed by atoms with Crippen LogP contribution in [0.1, 0.15) is 42.1 Å². The molecule has 5 nitrogen and oxygen atoms in total. The molecule has 0 saturated carbocycles. The second-order valence-corrected chi connectivity index (χ2v) is 6.55. The van der Waals surface area contributed by atoms with E-state index >= 15 is 0 Å². The predicted octanol–water partition coefficient (Wildman–Crippen LogP) is 4.16. The van der Waals surface area contributed by atoms with Crippen LogP contribution < -0.4 is 15.0 Å². The van der Waals surface area contributed by atoms with E-state index in [-0.39, 0.29) is 18.4 Å². The topological polar surface area (TPSA) is 58.6 Å². The zero-order chi connectivity index (χ0) is 18.5. The molecule has 1 aliphatic heterocycles. The first kappa shape index (κ1) is 18.0. The Balaban J connectivity index is 1.80. The summed E-state index contributed by atoms with van der Waals surface area (Å²) in [6.07, 6.45) is 3.11. The van der Waals surface area contributed by atoms with Crippen LogP contribution in [-0.2, 0) is 4.79 Å². The van der Waals surface area contributed by atoms with E-state index < -0.39 is 0 Å². The van der Waals surface area contributed by atoms with Gasteiger partial charge in [-0.05, 0) is 43.7 Å². The third kappa shape index (κ3) is 4.04. The maximum Gasteiger partial charge on any atom is 0.265 e. The zero-order valence-corrected chi connectivity index (χ0v) is 15.2. The van der Waals surface area contributed by atoms with Crippen molar-refractivity contribution >= 4 is 23.2 Å². The predicted molar refractivity (Wildman–Crippen MR) is 103 cm³/mol. The number of unbranched alkanes of at least 4 members (excludes halogenated alkanes) is 2. The van der Waals surface area contributed by atoms with Gasteiger partial charge in [-0.1, -0.05) is 37.5 Å². The van der Waals surface area contributed by atoms with Gasteiger partial charge in [0, 0.05) is 17.8 Å². The molecule has 0 bridgehead atoms. The van der Waals surface area contributed by atoms with Crippen LogP contribution in [0, 0.1) is 6.92 Å². The third-order valence-electron chi connectivity index (χ3n) is 4.43. The van der Waals surface area contributed by atoms with Crippen molar-refractivity contribution in [1.82, 2.24) is 0 Å². The van der Waals surface area contributed by atoms with Gasteiger partial charge in [0.05, 0.1) is 5.69 Å². The minimum Gasteiger partial charge on any atom is -0.482 e. The first-order valence-electron chi connectivity index (χ1n) is 9.03. The molecule has 2 aromatic rings. The lowest BCUT2D eigenvalue weighted by Crippen LogP contribution is -2.39. The van der Waals surface area contributed by atoms with Gasteiger partial charge in [-0.15, -0.1) is 0 Å². The number of nitrogens with zero attached hydrogens (tertiary/aromatic N) is 1. The molecule has 1 heterocycles. The SMILES string of the molecule is CCCCCN1C(=O)COc2ccc(NC(=O)c3cccc(C)c3)cc21. The number of ether oxygens (including phenoxy) is 1. The summed E-state index contributed by atoms with van der Waals surface area (Å²) in [6.45, 7) is 4.81. The Labute approximate surface area is 154 Å². The van der Waals surface area contributed by atoms with Gasteiger partial charge in [-0.3, -0.25) is 9.59 Å². The van der Waals surface area contributed by atoms with Gasteiger partial charge in [0.2, 0.25) is 0 Å². The minimum atomic E-state index is -0.172. The van der Waals surface area contributed by atoms with E-state index in [2.05, 4.69) is 12.2 Å². The van der Waals surface area contributed by atoms with Gasteiger partial charge in [-0.25, -0.2) is 0 Å². The lowest BCUT2D eigenvalue weighted by atomic mass is 10.1. The molecule has 136 valence electrons. The van der Waals surface area contributed by atoms with Crippen molar-refractivity contribution in [3.63, 3.8) is 0 Å². The summed E-state index contributed by atoms with van der Waals surface area (Å²) in [4.78, 5) is 26.5. The minimum absolute atomic E-state index is 0.0456. The zero-order valence-electron chi connectivity index (χ0n) is 15.2. The normalized spacial score (nSPS) is 13.2. The summed E-state index contributed by atoms with van der Waals surface area (Å²) in [6, 6.07) is 12.9. The first-order chi connectivity index (χ1) is 12.6. The van der Waals surface area contributed by atoms with Crippen LogP contribution in [-0.4, -0.2) is 25.0 Å². The lowest BCUT2D eigenvalue weighted by molar-refractivity contribution is -0.121. The molecular formula is C21H24N2O3. The Morgan fingerprint density at radius 3 is 2.81 bits per heavy atom. The molecule has 0 saturated heterocycles. The molecule has 0 radical (unpaired) electrons.